The molecule has 0 radical (unpaired) electrons. The molecule has 0 unspecified atom stereocenters. The summed E-state index contributed by atoms with van der Waals surface area (Å²) in [5.74, 6) is -1.24. The summed E-state index contributed by atoms with van der Waals surface area (Å²) in [5, 5.41) is 46.2. The number of phenols is 1. The van der Waals surface area contributed by atoms with Crippen LogP contribution in [-0.2, 0) is 30.4 Å². The molecule has 25 heteroatoms. The summed E-state index contributed by atoms with van der Waals surface area (Å²) in [6.45, 7) is 1.35. The van der Waals surface area contributed by atoms with Crippen LogP contribution in [-0.4, -0.2) is 55.0 Å². The maximum atomic E-state index is 12.6. The molecule has 0 aliphatic heterocycles. The summed E-state index contributed by atoms with van der Waals surface area (Å²) in [6.07, 6.45) is 0. The quantitative estimate of drug-likeness (QED) is 0.0182. The number of aromatic hydroxyl groups is 1. The summed E-state index contributed by atoms with van der Waals surface area (Å²) in [6, 6.07) is 21.2. The van der Waals surface area contributed by atoms with E-state index >= 15 is 0 Å². The van der Waals surface area contributed by atoms with Gasteiger partial charge >= 0.3 is 0 Å². The van der Waals surface area contributed by atoms with Gasteiger partial charge in [0.25, 0.3) is 30.4 Å². The van der Waals surface area contributed by atoms with E-state index in [9.17, 15) is 49.1 Å². The number of aliphatic imine (C=N–C) groups is 1. The van der Waals surface area contributed by atoms with Crippen LogP contribution in [0.4, 0.5) is 68.2 Å². The molecule has 0 fully saturated rings. The van der Waals surface area contributed by atoms with Crippen LogP contribution in [0.5, 0.6) is 5.75 Å². The summed E-state index contributed by atoms with van der Waals surface area (Å²) in [5.41, 5.74) is 17.5. The largest absolute Gasteiger partial charge is 0.505 e. The zero-order valence-electron chi connectivity index (χ0n) is 31.0. The number of nitrogens with two attached hydrogens (primary N) is 3. The van der Waals surface area contributed by atoms with Gasteiger partial charge in [-0.05, 0) is 102 Å². The normalized spacial score (nSPS) is 12.9. The molecule has 6 aromatic carbocycles. The molecule has 12 N–H and O–H groups in total. The van der Waals surface area contributed by atoms with Crippen LogP contribution in [0.15, 0.2) is 147 Å². The van der Waals surface area contributed by atoms with Gasteiger partial charge in [0, 0.05) is 18.3 Å². The predicted octanol–water partition coefficient (Wildman–Crippen LogP) is 8.63. The third-order valence-electron chi connectivity index (χ3n) is 8.26. The number of aliphatic hydroxyl groups is 1. The second-order valence-electron chi connectivity index (χ2n) is 12.7. The molecule has 0 saturated heterocycles. The molecule has 0 bridgehead atoms. The highest BCUT2D eigenvalue weighted by molar-refractivity contribution is 7.86. The predicted molar refractivity (Wildman–Crippen MR) is 225 cm³/mol. The van der Waals surface area contributed by atoms with Gasteiger partial charge in [0.05, 0.1) is 45.2 Å². The van der Waals surface area contributed by atoms with Crippen LogP contribution in [0, 0.1) is 0 Å². The number of azo groups is 3. The van der Waals surface area contributed by atoms with Gasteiger partial charge in [0.15, 0.2) is 11.6 Å². The SMILES string of the molecule is CC(O)=Nc1ccc(N=Nc2c(S(=O)(=O)O)cc3cc(S(=O)(=O)O)c(N=Nc4ccc(Nc5ccc(N=Nc6ccc(N)cc6N)cc5)c(S(=O)(=O)O)c4)c(N)c3c2O)cc1. The number of phenolic OH excluding ortho intramolecular Hbond substituents is 1. The van der Waals surface area contributed by atoms with Crippen LogP contribution in [0.25, 0.3) is 10.8 Å². The standard InChI is InChI=1S/C36H31N11O11S3/c1-18(48)40-21-3-7-24(8-4-21)43-47-35-31(61(56,57)58)15-19-14-30(60(53,54)55)34(33(39)32(19)36(35)49)46-44-25-11-13-28(29(17-25)59(50,51)52)41-22-5-9-23(10-6-22)42-45-27-12-2-20(37)16-26(27)38/h2-17,41,49H,37-39H2,1H3,(H,40,48)(H,50,51,52)(H,53,54,55)(H,56,57,58). The van der Waals surface area contributed by atoms with Gasteiger partial charge in [-0.1, -0.05) is 0 Å². The van der Waals surface area contributed by atoms with Crippen LogP contribution >= 0.6 is 0 Å². The molecule has 0 spiro atoms. The minimum Gasteiger partial charge on any atom is -0.505 e. The van der Waals surface area contributed by atoms with Crippen molar-refractivity contribution in [3.8, 4) is 5.75 Å². The fourth-order valence-corrected chi connectivity index (χ4v) is 7.53. The van der Waals surface area contributed by atoms with E-state index in [0.717, 1.165) is 6.07 Å². The third kappa shape index (κ3) is 10.1. The lowest BCUT2D eigenvalue weighted by atomic mass is 10.1. The second-order valence-corrected chi connectivity index (χ2v) is 16.8. The Balaban J connectivity index is 1.37. The molecule has 0 aromatic heterocycles. The lowest BCUT2D eigenvalue weighted by molar-refractivity contribution is 0.472. The second kappa shape index (κ2) is 16.7. The molecular formula is C36H31N11O11S3. The average Bonchev–Trinajstić information content (AvgIpc) is 3.16. The maximum Gasteiger partial charge on any atom is 0.296 e. The van der Waals surface area contributed by atoms with Crippen molar-refractivity contribution in [2.75, 3.05) is 22.5 Å². The van der Waals surface area contributed by atoms with E-state index in [0.29, 0.717) is 46.3 Å². The number of hydrogen-bond donors (Lipinski definition) is 9. The number of nitrogens with one attached hydrogen (secondary N) is 1. The van der Waals surface area contributed by atoms with E-state index in [4.69, 9.17) is 17.2 Å². The lowest BCUT2D eigenvalue weighted by Crippen LogP contribution is -2.04. The maximum absolute atomic E-state index is 12.6. The molecule has 0 saturated carbocycles. The first-order valence-corrected chi connectivity index (χ1v) is 21.2. The Hall–Kier alpha value is -7.42. The lowest BCUT2D eigenvalue weighted by Gasteiger charge is -2.14. The van der Waals surface area contributed by atoms with E-state index < -0.39 is 78.6 Å². The third-order valence-corrected chi connectivity index (χ3v) is 10.9. The van der Waals surface area contributed by atoms with Gasteiger partial charge < -0.3 is 32.7 Å². The van der Waals surface area contributed by atoms with E-state index in [-0.39, 0.29) is 23.0 Å². The number of hydrogen-bond acceptors (Lipinski definition) is 18. The highest BCUT2D eigenvalue weighted by Crippen LogP contribution is 2.48. The highest BCUT2D eigenvalue weighted by atomic mass is 32.2. The monoisotopic (exact) mass is 889 g/mol. The van der Waals surface area contributed by atoms with Crippen molar-refractivity contribution < 1.29 is 49.1 Å². The van der Waals surface area contributed by atoms with Gasteiger partial charge in [0.1, 0.15) is 31.7 Å². The molecule has 61 heavy (non-hydrogen) atoms. The Morgan fingerprint density at radius 1 is 0.574 bits per heavy atom. The van der Waals surface area contributed by atoms with Crippen molar-refractivity contribution in [2.45, 2.75) is 21.6 Å². The fraction of sp³-hybridized carbons (Fsp3) is 0.0278. The topological polar surface area (TPSA) is 380 Å². The van der Waals surface area contributed by atoms with Crippen molar-refractivity contribution in [3.63, 3.8) is 0 Å². The molecule has 0 aliphatic carbocycles. The van der Waals surface area contributed by atoms with Gasteiger partial charge in [-0.3, -0.25) is 13.7 Å². The molecule has 0 heterocycles. The number of nitrogen functional groups attached to an aromatic ring is 3. The number of rotatable bonds is 12. The van der Waals surface area contributed by atoms with Crippen molar-refractivity contribution in [1.82, 2.24) is 0 Å². The zero-order chi connectivity index (χ0) is 44.4. The number of aliphatic hydroxyl groups excluding tert-OH is 1. The molecule has 0 amide bonds. The minimum absolute atomic E-state index is 0.0999. The van der Waals surface area contributed by atoms with E-state index in [2.05, 4.69) is 41.0 Å². The fourth-order valence-electron chi connectivity index (χ4n) is 5.53. The first-order valence-electron chi connectivity index (χ1n) is 16.9. The molecule has 22 nitrogen and oxygen atoms in total. The Morgan fingerprint density at radius 3 is 1.66 bits per heavy atom. The van der Waals surface area contributed by atoms with Gasteiger partial charge in [-0.2, -0.15) is 40.6 Å². The first-order chi connectivity index (χ1) is 28.6. The van der Waals surface area contributed by atoms with Gasteiger partial charge in [-0.25, -0.2) is 4.99 Å². The summed E-state index contributed by atoms with van der Waals surface area (Å²) in [7, 11) is -15.4. The van der Waals surface area contributed by atoms with Crippen molar-refractivity contribution >= 4 is 115 Å². The number of benzene rings is 6. The smallest absolute Gasteiger partial charge is 0.296 e. The number of anilines is 5. The van der Waals surface area contributed by atoms with E-state index in [1.165, 1.54) is 61.5 Å². The Labute approximate surface area is 345 Å². The number of fused-ring (bicyclic) bond motifs is 1. The van der Waals surface area contributed by atoms with Crippen LogP contribution in [0.3, 0.4) is 0 Å². The Bertz CT molecular complexity index is 3190. The first kappa shape index (κ1) is 43.2. The van der Waals surface area contributed by atoms with Gasteiger partial charge in [-0.15, -0.1) is 15.3 Å². The number of nitrogens with zero attached hydrogens (tertiary/aromatic N) is 7. The van der Waals surface area contributed by atoms with E-state index in [1.54, 1.807) is 24.3 Å². The van der Waals surface area contributed by atoms with Crippen molar-refractivity contribution in [2.24, 2.45) is 35.7 Å². The van der Waals surface area contributed by atoms with Crippen molar-refractivity contribution in [3.05, 3.63) is 97.1 Å². The molecular weight excluding hydrogens is 859 g/mol. The molecule has 0 aliphatic rings. The Kier molecular flexibility index (Phi) is 11.8. The van der Waals surface area contributed by atoms with Crippen LogP contribution in [0.2, 0.25) is 0 Å². The van der Waals surface area contributed by atoms with Crippen LogP contribution < -0.4 is 22.5 Å². The van der Waals surface area contributed by atoms with Gasteiger partial charge in [0.2, 0.25) is 0 Å². The molecule has 6 rings (SSSR count). The highest BCUT2D eigenvalue weighted by Gasteiger charge is 2.28. The minimum atomic E-state index is -5.24. The summed E-state index contributed by atoms with van der Waals surface area (Å²) in [4.78, 5) is 1.09. The molecule has 314 valence electrons. The zero-order valence-corrected chi connectivity index (χ0v) is 33.5. The molecule has 6 aromatic rings. The molecule has 0 atom stereocenters. The Morgan fingerprint density at radius 2 is 1.08 bits per heavy atom. The average molecular weight is 890 g/mol. The summed E-state index contributed by atoms with van der Waals surface area (Å²) >= 11 is 0. The van der Waals surface area contributed by atoms with E-state index in [1.807, 2.05) is 0 Å². The van der Waals surface area contributed by atoms with Crippen molar-refractivity contribution in [1.29, 1.82) is 0 Å². The van der Waals surface area contributed by atoms with Crippen LogP contribution in [0.1, 0.15) is 6.92 Å². The summed E-state index contributed by atoms with van der Waals surface area (Å²) < 4.78 is 105.